The highest BCUT2D eigenvalue weighted by molar-refractivity contribution is 5.63. The SMILES string of the molecule is Cc1ccn(-c2ccc(NCC(O)c3ccc(-c4ccccc4)cc3)nn2)n1. The highest BCUT2D eigenvalue weighted by Gasteiger charge is 2.09. The summed E-state index contributed by atoms with van der Waals surface area (Å²) in [4.78, 5) is 0. The van der Waals surface area contributed by atoms with Crippen LogP contribution >= 0.6 is 0 Å². The van der Waals surface area contributed by atoms with Crippen molar-refractivity contribution in [3.8, 4) is 16.9 Å². The van der Waals surface area contributed by atoms with Crippen LogP contribution in [-0.4, -0.2) is 31.6 Å². The summed E-state index contributed by atoms with van der Waals surface area (Å²) in [7, 11) is 0. The summed E-state index contributed by atoms with van der Waals surface area (Å²) in [5.41, 5.74) is 4.05. The van der Waals surface area contributed by atoms with Crippen LogP contribution in [0.1, 0.15) is 17.4 Å². The minimum absolute atomic E-state index is 0.347. The maximum Gasteiger partial charge on any atom is 0.175 e. The van der Waals surface area contributed by atoms with Gasteiger partial charge >= 0.3 is 0 Å². The fourth-order valence-corrected chi connectivity index (χ4v) is 2.93. The predicted octanol–water partition coefficient (Wildman–Crippen LogP) is 3.78. The van der Waals surface area contributed by atoms with E-state index in [0.717, 1.165) is 22.4 Å². The van der Waals surface area contributed by atoms with E-state index >= 15 is 0 Å². The first-order valence-electron chi connectivity index (χ1n) is 9.13. The van der Waals surface area contributed by atoms with Crippen molar-refractivity contribution in [2.75, 3.05) is 11.9 Å². The summed E-state index contributed by atoms with van der Waals surface area (Å²) >= 11 is 0. The topological polar surface area (TPSA) is 75.9 Å². The lowest BCUT2D eigenvalue weighted by Crippen LogP contribution is -2.13. The fourth-order valence-electron chi connectivity index (χ4n) is 2.93. The third-order valence-electron chi connectivity index (χ3n) is 4.49. The second kappa shape index (κ2) is 8.02. The van der Waals surface area contributed by atoms with Crippen LogP contribution in [0.3, 0.4) is 0 Å². The van der Waals surface area contributed by atoms with Crippen molar-refractivity contribution in [3.63, 3.8) is 0 Å². The van der Waals surface area contributed by atoms with Gasteiger partial charge in [-0.05, 0) is 41.8 Å². The lowest BCUT2D eigenvalue weighted by molar-refractivity contribution is 0.191. The van der Waals surface area contributed by atoms with E-state index < -0.39 is 6.10 Å². The van der Waals surface area contributed by atoms with E-state index in [0.29, 0.717) is 18.2 Å². The van der Waals surface area contributed by atoms with Gasteiger partial charge in [-0.2, -0.15) is 5.10 Å². The van der Waals surface area contributed by atoms with Crippen molar-refractivity contribution < 1.29 is 5.11 Å². The number of anilines is 1. The van der Waals surface area contributed by atoms with Gasteiger partial charge in [0, 0.05) is 12.7 Å². The normalized spacial score (nSPS) is 11.9. The predicted molar refractivity (Wildman–Crippen MR) is 109 cm³/mol. The number of nitrogens with zero attached hydrogens (tertiary/aromatic N) is 4. The molecule has 1 unspecified atom stereocenters. The number of hydrogen-bond acceptors (Lipinski definition) is 5. The average molecular weight is 371 g/mol. The Hall–Kier alpha value is -3.51. The molecule has 0 aliphatic heterocycles. The van der Waals surface area contributed by atoms with Crippen LogP contribution in [0.2, 0.25) is 0 Å². The first kappa shape index (κ1) is 17.9. The van der Waals surface area contributed by atoms with E-state index in [4.69, 9.17) is 0 Å². The van der Waals surface area contributed by atoms with Gasteiger partial charge in [0.25, 0.3) is 0 Å². The van der Waals surface area contributed by atoms with E-state index in [1.54, 1.807) is 4.68 Å². The first-order valence-corrected chi connectivity index (χ1v) is 9.13. The van der Waals surface area contributed by atoms with E-state index in [2.05, 4.69) is 32.7 Å². The molecule has 2 N–H and O–H groups in total. The molecule has 0 bridgehead atoms. The summed E-state index contributed by atoms with van der Waals surface area (Å²) in [6, 6.07) is 23.7. The Morgan fingerprint density at radius 3 is 2.29 bits per heavy atom. The standard InChI is InChI=1S/C22H21N5O/c1-16-13-14-27(26-16)22-12-11-21(24-25-22)23-15-20(28)19-9-7-18(8-10-19)17-5-3-2-4-6-17/h2-14,20,28H,15H2,1H3,(H,23,24). The van der Waals surface area contributed by atoms with Crippen molar-refractivity contribution in [3.05, 3.63) is 90.3 Å². The van der Waals surface area contributed by atoms with Crippen LogP contribution in [0, 0.1) is 6.92 Å². The van der Waals surface area contributed by atoms with Gasteiger partial charge in [0.05, 0.1) is 11.8 Å². The number of aryl methyl sites for hydroxylation is 1. The van der Waals surface area contributed by atoms with Gasteiger partial charge in [0.2, 0.25) is 0 Å². The molecule has 2 heterocycles. The molecule has 0 saturated carbocycles. The molecule has 28 heavy (non-hydrogen) atoms. The van der Waals surface area contributed by atoms with Crippen molar-refractivity contribution in [1.29, 1.82) is 0 Å². The maximum absolute atomic E-state index is 10.5. The zero-order valence-electron chi connectivity index (χ0n) is 15.5. The number of nitrogens with one attached hydrogen (secondary N) is 1. The number of aromatic nitrogens is 4. The monoisotopic (exact) mass is 371 g/mol. The molecule has 0 aliphatic rings. The Morgan fingerprint density at radius 1 is 0.893 bits per heavy atom. The fraction of sp³-hybridized carbons (Fsp3) is 0.136. The summed E-state index contributed by atoms with van der Waals surface area (Å²) in [5, 5.41) is 26.2. The quantitative estimate of drug-likeness (QED) is 0.539. The Balaban J connectivity index is 1.37. The zero-order valence-corrected chi connectivity index (χ0v) is 15.5. The first-order chi connectivity index (χ1) is 13.7. The number of benzene rings is 2. The maximum atomic E-state index is 10.5. The van der Waals surface area contributed by atoms with Gasteiger partial charge in [-0.3, -0.25) is 0 Å². The van der Waals surface area contributed by atoms with E-state index in [1.807, 2.05) is 73.8 Å². The smallest absolute Gasteiger partial charge is 0.175 e. The number of hydrogen-bond donors (Lipinski definition) is 2. The van der Waals surface area contributed by atoms with Crippen LogP contribution in [-0.2, 0) is 0 Å². The molecule has 4 aromatic rings. The van der Waals surface area contributed by atoms with Gasteiger partial charge in [-0.15, -0.1) is 10.2 Å². The second-order valence-corrected chi connectivity index (χ2v) is 6.56. The van der Waals surface area contributed by atoms with Crippen LogP contribution in [0.5, 0.6) is 0 Å². The van der Waals surface area contributed by atoms with Crippen LogP contribution in [0.15, 0.2) is 79.0 Å². The molecule has 0 radical (unpaired) electrons. The molecule has 6 nitrogen and oxygen atoms in total. The molecule has 2 aromatic carbocycles. The number of aliphatic hydroxyl groups is 1. The largest absolute Gasteiger partial charge is 0.387 e. The van der Waals surface area contributed by atoms with Gasteiger partial charge < -0.3 is 10.4 Å². The van der Waals surface area contributed by atoms with E-state index in [9.17, 15) is 5.11 Å². The minimum atomic E-state index is -0.639. The van der Waals surface area contributed by atoms with E-state index in [1.165, 1.54) is 0 Å². The molecule has 140 valence electrons. The number of aliphatic hydroxyl groups excluding tert-OH is 1. The Labute approximate surface area is 163 Å². The minimum Gasteiger partial charge on any atom is -0.387 e. The molecule has 0 saturated heterocycles. The Morgan fingerprint density at radius 2 is 1.64 bits per heavy atom. The molecule has 6 heteroatoms. The van der Waals surface area contributed by atoms with Crippen LogP contribution < -0.4 is 5.32 Å². The highest BCUT2D eigenvalue weighted by Crippen LogP contribution is 2.22. The van der Waals surface area contributed by atoms with Crippen molar-refractivity contribution >= 4 is 5.82 Å². The van der Waals surface area contributed by atoms with Gasteiger partial charge in [-0.25, -0.2) is 4.68 Å². The molecular formula is C22H21N5O. The second-order valence-electron chi connectivity index (χ2n) is 6.56. The van der Waals surface area contributed by atoms with Gasteiger partial charge in [0.15, 0.2) is 5.82 Å². The summed E-state index contributed by atoms with van der Waals surface area (Å²) < 4.78 is 1.68. The molecule has 0 fully saturated rings. The molecule has 0 aliphatic carbocycles. The Kier molecular flexibility index (Phi) is 5.12. The van der Waals surface area contributed by atoms with Gasteiger partial charge in [-0.1, -0.05) is 54.6 Å². The molecule has 4 rings (SSSR count). The summed E-state index contributed by atoms with van der Waals surface area (Å²) in [6.07, 6.45) is 1.20. The molecule has 1 atom stereocenters. The van der Waals surface area contributed by atoms with Crippen molar-refractivity contribution in [1.82, 2.24) is 20.0 Å². The third-order valence-corrected chi connectivity index (χ3v) is 4.49. The van der Waals surface area contributed by atoms with Crippen molar-refractivity contribution in [2.45, 2.75) is 13.0 Å². The Bertz CT molecular complexity index is 1030. The number of rotatable bonds is 6. The third kappa shape index (κ3) is 4.07. The molecule has 2 aromatic heterocycles. The zero-order chi connectivity index (χ0) is 19.3. The molecule has 0 spiro atoms. The molecular weight excluding hydrogens is 350 g/mol. The van der Waals surface area contributed by atoms with Crippen LogP contribution in [0.25, 0.3) is 16.9 Å². The van der Waals surface area contributed by atoms with E-state index in [-0.39, 0.29) is 0 Å². The lowest BCUT2D eigenvalue weighted by atomic mass is 10.0. The van der Waals surface area contributed by atoms with Crippen LogP contribution in [0.4, 0.5) is 5.82 Å². The summed E-state index contributed by atoms with van der Waals surface area (Å²) in [5.74, 6) is 1.25. The van der Waals surface area contributed by atoms with Gasteiger partial charge in [0.1, 0.15) is 5.82 Å². The average Bonchev–Trinajstić information content (AvgIpc) is 3.19. The van der Waals surface area contributed by atoms with Crippen molar-refractivity contribution in [2.24, 2.45) is 0 Å². The molecule has 0 amide bonds. The highest BCUT2D eigenvalue weighted by atomic mass is 16.3. The summed E-state index contributed by atoms with van der Waals surface area (Å²) in [6.45, 7) is 2.27. The lowest BCUT2D eigenvalue weighted by Gasteiger charge is -2.13.